The molecule has 5 heteroatoms. The van der Waals surface area contributed by atoms with Crippen LogP contribution in [0.1, 0.15) is 13.8 Å². The van der Waals surface area contributed by atoms with Crippen LogP contribution in [0.15, 0.2) is 12.4 Å². The molecule has 0 amide bonds. The van der Waals surface area contributed by atoms with E-state index in [2.05, 4.69) is 29.0 Å². The lowest BCUT2D eigenvalue weighted by molar-refractivity contribution is 0.655. The summed E-state index contributed by atoms with van der Waals surface area (Å²) in [5, 5.41) is 7.70. The summed E-state index contributed by atoms with van der Waals surface area (Å²) in [5.74, 6) is 0.642. The van der Waals surface area contributed by atoms with Crippen molar-refractivity contribution in [2.24, 2.45) is 5.73 Å². The Morgan fingerprint density at radius 1 is 1.46 bits per heavy atom. The normalized spacial score (nSPS) is 10.5. The molecule has 0 bridgehead atoms. The Hall–Kier alpha value is -1.23. The van der Waals surface area contributed by atoms with Gasteiger partial charge in [-0.25, -0.2) is 4.98 Å². The molecule has 0 aliphatic rings. The Morgan fingerprint density at radius 2 is 2.23 bits per heavy atom. The van der Waals surface area contributed by atoms with Crippen molar-refractivity contribution in [2.45, 2.75) is 19.9 Å². The summed E-state index contributed by atoms with van der Waals surface area (Å²) in [4.78, 5) is 6.14. The van der Waals surface area contributed by atoms with E-state index < -0.39 is 0 Å². The number of hydrogen-bond acceptors (Lipinski definition) is 5. The second-order valence-corrected chi connectivity index (χ2v) is 3.02. The smallest absolute Gasteiger partial charge is 0.245 e. The first-order valence-corrected chi connectivity index (χ1v) is 4.36. The summed E-state index contributed by atoms with van der Waals surface area (Å²) in [7, 11) is 0. The van der Waals surface area contributed by atoms with Gasteiger partial charge in [-0.1, -0.05) is 0 Å². The maximum absolute atomic E-state index is 5.49. The van der Waals surface area contributed by atoms with Crippen molar-refractivity contribution in [3.05, 3.63) is 12.4 Å². The molecule has 0 aliphatic carbocycles. The Morgan fingerprint density at radius 3 is 2.69 bits per heavy atom. The van der Waals surface area contributed by atoms with E-state index in [1.807, 2.05) is 4.90 Å². The topological polar surface area (TPSA) is 67.9 Å². The first-order chi connectivity index (χ1) is 6.25. The molecule has 72 valence electrons. The summed E-state index contributed by atoms with van der Waals surface area (Å²) < 4.78 is 0. The minimum atomic E-state index is 0.341. The summed E-state index contributed by atoms with van der Waals surface area (Å²) in [6, 6.07) is 0.341. The van der Waals surface area contributed by atoms with E-state index >= 15 is 0 Å². The van der Waals surface area contributed by atoms with Gasteiger partial charge in [0.05, 0.1) is 12.4 Å². The van der Waals surface area contributed by atoms with Crippen molar-refractivity contribution < 1.29 is 0 Å². The maximum Gasteiger partial charge on any atom is 0.245 e. The second kappa shape index (κ2) is 4.71. The molecule has 0 aromatic carbocycles. The van der Waals surface area contributed by atoms with Gasteiger partial charge in [0, 0.05) is 19.1 Å². The number of hydrogen-bond donors (Lipinski definition) is 1. The zero-order valence-corrected chi connectivity index (χ0v) is 8.01. The average Bonchev–Trinajstić information content (AvgIpc) is 2.15. The molecule has 0 saturated carbocycles. The standard InChI is InChI=1S/C8H15N5/c1-7(2)13(6-3-9)8-10-4-5-11-12-8/h4-5,7H,3,6,9H2,1-2H3. The third-order valence-electron chi connectivity index (χ3n) is 1.72. The number of aromatic nitrogens is 3. The SMILES string of the molecule is CC(C)N(CCN)c1nccnn1. The van der Waals surface area contributed by atoms with Crippen LogP contribution in [0.4, 0.5) is 5.95 Å². The molecule has 0 spiro atoms. The van der Waals surface area contributed by atoms with Gasteiger partial charge >= 0.3 is 0 Å². The summed E-state index contributed by atoms with van der Waals surface area (Å²) >= 11 is 0. The van der Waals surface area contributed by atoms with Gasteiger partial charge in [0.2, 0.25) is 5.95 Å². The number of nitrogens with two attached hydrogens (primary N) is 1. The van der Waals surface area contributed by atoms with E-state index in [0.29, 0.717) is 18.5 Å². The Kier molecular flexibility index (Phi) is 3.57. The highest BCUT2D eigenvalue weighted by Crippen LogP contribution is 2.07. The lowest BCUT2D eigenvalue weighted by Gasteiger charge is -2.25. The van der Waals surface area contributed by atoms with E-state index in [1.54, 1.807) is 12.4 Å². The van der Waals surface area contributed by atoms with Crippen molar-refractivity contribution in [3.63, 3.8) is 0 Å². The van der Waals surface area contributed by atoms with Gasteiger partial charge in [0.15, 0.2) is 0 Å². The summed E-state index contributed by atoms with van der Waals surface area (Å²) in [5.41, 5.74) is 5.49. The molecule has 0 saturated heterocycles. The molecule has 1 aromatic heterocycles. The molecular weight excluding hydrogens is 166 g/mol. The van der Waals surface area contributed by atoms with Gasteiger partial charge in [0.25, 0.3) is 0 Å². The van der Waals surface area contributed by atoms with Crippen LogP contribution in [0.25, 0.3) is 0 Å². The minimum Gasteiger partial charge on any atom is -0.336 e. The van der Waals surface area contributed by atoms with Crippen molar-refractivity contribution in [1.82, 2.24) is 15.2 Å². The molecule has 0 atom stereocenters. The molecule has 1 aromatic rings. The van der Waals surface area contributed by atoms with Crippen LogP contribution >= 0.6 is 0 Å². The third-order valence-corrected chi connectivity index (χ3v) is 1.72. The number of anilines is 1. The van der Waals surface area contributed by atoms with Crippen LogP contribution in [0, 0.1) is 0 Å². The molecule has 2 N–H and O–H groups in total. The van der Waals surface area contributed by atoms with Gasteiger partial charge < -0.3 is 10.6 Å². The molecule has 0 radical (unpaired) electrons. The first-order valence-electron chi connectivity index (χ1n) is 4.36. The predicted octanol–water partition coefficient (Wildman–Crippen LogP) is 0.0451. The summed E-state index contributed by atoms with van der Waals surface area (Å²) in [6.07, 6.45) is 3.19. The molecule has 13 heavy (non-hydrogen) atoms. The van der Waals surface area contributed by atoms with Crippen molar-refractivity contribution in [1.29, 1.82) is 0 Å². The lowest BCUT2D eigenvalue weighted by Crippen LogP contribution is -2.36. The highest BCUT2D eigenvalue weighted by molar-refractivity contribution is 5.28. The largest absolute Gasteiger partial charge is 0.336 e. The van der Waals surface area contributed by atoms with Gasteiger partial charge in [-0.3, -0.25) is 0 Å². The molecule has 1 rings (SSSR count). The van der Waals surface area contributed by atoms with E-state index in [0.717, 1.165) is 6.54 Å². The minimum absolute atomic E-state index is 0.341. The fraction of sp³-hybridized carbons (Fsp3) is 0.625. The molecule has 1 heterocycles. The Bertz CT molecular complexity index is 236. The molecule has 0 aliphatic heterocycles. The third kappa shape index (κ3) is 2.62. The van der Waals surface area contributed by atoms with Crippen LogP contribution < -0.4 is 10.6 Å². The highest BCUT2D eigenvalue weighted by atomic mass is 15.3. The zero-order valence-electron chi connectivity index (χ0n) is 8.01. The van der Waals surface area contributed by atoms with Crippen LogP contribution in [0.3, 0.4) is 0 Å². The first kappa shape index (κ1) is 9.85. The monoisotopic (exact) mass is 181 g/mol. The second-order valence-electron chi connectivity index (χ2n) is 3.02. The predicted molar refractivity (Wildman–Crippen MR) is 51.4 cm³/mol. The van der Waals surface area contributed by atoms with Crippen molar-refractivity contribution in [2.75, 3.05) is 18.0 Å². The fourth-order valence-electron chi connectivity index (χ4n) is 1.10. The van der Waals surface area contributed by atoms with Gasteiger partial charge in [-0.15, -0.1) is 5.10 Å². The van der Waals surface area contributed by atoms with Gasteiger partial charge in [0.1, 0.15) is 0 Å². The number of rotatable bonds is 4. The van der Waals surface area contributed by atoms with Gasteiger partial charge in [-0.05, 0) is 13.8 Å². The van der Waals surface area contributed by atoms with Crippen LogP contribution in [0.2, 0.25) is 0 Å². The maximum atomic E-state index is 5.49. The van der Waals surface area contributed by atoms with E-state index in [4.69, 9.17) is 5.73 Å². The van der Waals surface area contributed by atoms with E-state index in [1.165, 1.54) is 0 Å². The van der Waals surface area contributed by atoms with Gasteiger partial charge in [-0.2, -0.15) is 5.10 Å². The molecule has 0 fully saturated rings. The Labute approximate surface area is 78.0 Å². The average molecular weight is 181 g/mol. The molecule has 5 nitrogen and oxygen atoms in total. The molecule has 0 unspecified atom stereocenters. The van der Waals surface area contributed by atoms with Crippen LogP contribution in [0.5, 0.6) is 0 Å². The van der Waals surface area contributed by atoms with Crippen molar-refractivity contribution >= 4 is 5.95 Å². The zero-order chi connectivity index (χ0) is 9.68. The van der Waals surface area contributed by atoms with E-state index in [-0.39, 0.29) is 0 Å². The van der Waals surface area contributed by atoms with Crippen molar-refractivity contribution in [3.8, 4) is 0 Å². The molecular formula is C8H15N5. The lowest BCUT2D eigenvalue weighted by atomic mass is 10.3. The quantitative estimate of drug-likeness (QED) is 0.710. The fourth-order valence-corrected chi connectivity index (χ4v) is 1.10. The van der Waals surface area contributed by atoms with Crippen LogP contribution in [-0.4, -0.2) is 34.3 Å². The number of nitrogens with zero attached hydrogens (tertiary/aromatic N) is 4. The summed E-state index contributed by atoms with van der Waals surface area (Å²) in [6.45, 7) is 5.50. The van der Waals surface area contributed by atoms with Crippen LogP contribution in [-0.2, 0) is 0 Å². The van der Waals surface area contributed by atoms with E-state index in [9.17, 15) is 0 Å². The Balaban J connectivity index is 2.76. The highest BCUT2D eigenvalue weighted by Gasteiger charge is 2.11.